The van der Waals surface area contributed by atoms with E-state index in [1.165, 1.54) is 6.33 Å². The van der Waals surface area contributed by atoms with Crippen LogP contribution in [0.2, 0.25) is 0 Å². The maximum absolute atomic E-state index is 4.33. The van der Waals surface area contributed by atoms with Gasteiger partial charge in [-0.3, -0.25) is 0 Å². The van der Waals surface area contributed by atoms with Crippen LogP contribution in [0.25, 0.3) is 11.2 Å². The molecule has 0 fully saturated rings. The highest BCUT2D eigenvalue weighted by Gasteiger charge is 2.09. The Morgan fingerprint density at radius 1 is 1.11 bits per heavy atom. The van der Waals surface area contributed by atoms with E-state index in [1.54, 1.807) is 6.33 Å². The number of fused-ring (bicyclic) bond motifs is 1. The van der Waals surface area contributed by atoms with Crippen molar-refractivity contribution < 1.29 is 0 Å². The average molecular weight is 304 g/mol. The summed E-state index contributed by atoms with van der Waals surface area (Å²) < 4.78 is 1.91. The molecule has 0 aliphatic heterocycles. The van der Waals surface area contributed by atoms with Crippen LogP contribution in [0.4, 0.5) is 11.5 Å². The van der Waals surface area contributed by atoms with E-state index in [9.17, 15) is 0 Å². The number of imidazole rings is 1. The standard InChI is InChI=1S/C12H10BrN5/c13-6-18-8-16-10-11(14-7-15-12(10)18)17-9-4-2-1-3-5-9/h1-5,7-8H,6H2,(H,14,15,17). The molecular weight excluding hydrogens is 294 g/mol. The fourth-order valence-electron chi connectivity index (χ4n) is 1.72. The van der Waals surface area contributed by atoms with Crippen molar-refractivity contribution in [2.75, 3.05) is 5.32 Å². The summed E-state index contributed by atoms with van der Waals surface area (Å²) in [4.78, 5) is 12.8. The quantitative estimate of drug-likeness (QED) is 0.756. The summed E-state index contributed by atoms with van der Waals surface area (Å²) in [6, 6.07) is 9.88. The van der Waals surface area contributed by atoms with Crippen molar-refractivity contribution in [2.24, 2.45) is 0 Å². The molecule has 0 aliphatic carbocycles. The van der Waals surface area contributed by atoms with Gasteiger partial charge in [-0.15, -0.1) is 0 Å². The van der Waals surface area contributed by atoms with Gasteiger partial charge in [0.15, 0.2) is 17.0 Å². The van der Waals surface area contributed by atoms with E-state index < -0.39 is 0 Å². The minimum atomic E-state index is 0.658. The first kappa shape index (κ1) is 11.2. The molecule has 0 unspecified atom stereocenters. The summed E-state index contributed by atoms with van der Waals surface area (Å²) in [6.07, 6.45) is 3.28. The van der Waals surface area contributed by atoms with E-state index >= 15 is 0 Å². The molecule has 2 heterocycles. The van der Waals surface area contributed by atoms with Gasteiger partial charge >= 0.3 is 0 Å². The van der Waals surface area contributed by atoms with Crippen LogP contribution in [0.3, 0.4) is 0 Å². The topological polar surface area (TPSA) is 55.6 Å². The number of nitrogens with one attached hydrogen (secondary N) is 1. The monoisotopic (exact) mass is 303 g/mol. The zero-order valence-corrected chi connectivity index (χ0v) is 11.0. The van der Waals surface area contributed by atoms with Crippen molar-refractivity contribution in [2.45, 2.75) is 5.45 Å². The van der Waals surface area contributed by atoms with E-state index in [0.29, 0.717) is 11.3 Å². The number of alkyl halides is 1. The number of para-hydroxylation sites is 1. The molecule has 0 saturated heterocycles. The van der Waals surface area contributed by atoms with Crippen LogP contribution in [0.5, 0.6) is 0 Å². The summed E-state index contributed by atoms with van der Waals surface area (Å²) in [7, 11) is 0. The lowest BCUT2D eigenvalue weighted by molar-refractivity contribution is 0.916. The third-order valence-corrected chi connectivity index (χ3v) is 3.11. The second kappa shape index (κ2) is 4.73. The SMILES string of the molecule is BrCn1cnc2c(Nc3ccccc3)ncnc21. The number of halogens is 1. The van der Waals surface area contributed by atoms with Crippen LogP contribution in [-0.2, 0) is 5.45 Å². The van der Waals surface area contributed by atoms with Gasteiger partial charge in [-0.05, 0) is 12.1 Å². The smallest absolute Gasteiger partial charge is 0.166 e. The van der Waals surface area contributed by atoms with Crippen LogP contribution in [0.1, 0.15) is 0 Å². The van der Waals surface area contributed by atoms with Gasteiger partial charge in [0.05, 0.1) is 11.8 Å². The highest BCUT2D eigenvalue weighted by Crippen LogP contribution is 2.21. The third-order valence-electron chi connectivity index (χ3n) is 2.57. The van der Waals surface area contributed by atoms with Crippen LogP contribution in [0, 0.1) is 0 Å². The lowest BCUT2D eigenvalue weighted by Gasteiger charge is -2.05. The molecule has 0 saturated carbocycles. The summed E-state index contributed by atoms with van der Waals surface area (Å²) >= 11 is 3.39. The fourth-order valence-corrected chi connectivity index (χ4v) is 2.08. The molecule has 90 valence electrons. The van der Waals surface area contributed by atoms with Crippen LogP contribution in [0.15, 0.2) is 43.0 Å². The summed E-state index contributed by atoms with van der Waals surface area (Å²) in [5.41, 5.74) is 3.21. The highest BCUT2D eigenvalue weighted by atomic mass is 79.9. The van der Waals surface area contributed by atoms with Gasteiger partial charge in [0, 0.05) is 5.69 Å². The molecule has 3 aromatic rings. The Balaban J connectivity index is 2.05. The van der Waals surface area contributed by atoms with Crippen molar-refractivity contribution in [3.63, 3.8) is 0 Å². The van der Waals surface area contributed by atoms with E-state index in [-0.39, 0.29) is 0 Å². The summed E-state index contributed by atoms with van der Waals surface area (Å²) in [5, 5.41) is 3.24. The van der Waals surface area contributed by atoms with E-state index in [2.05, 4.69) is 36.2 Å². The molecule has 0 bridgehead atoms. The van der Waals surface area contributed by atoms with Gasteiger partial charge in [-0.2, -0.15) is 0 Å². The van der Waals surface area contributed by atoms with Crippen molar-refractivity contribution in [3.8, 4) is 0 Å². The molecule has 0 radical (unpaired) electrons. The van der Waals surface area contributed by atoms with Gasteiger partial charge in [-0.25, -0.2) is 15.0 Å². The Morgan fingerprint density at radius 3 is 2.72 bits per heavy atom. The first-order chi connectivity index (χ1) is 8.88. The molecule has 0 aliphatic rings. The Bertz CT molecular complexity index is 665. The summed E-state index contributed by atoms with van der Waals surface area (Å²) in [6.45, 7) is 0. The normalized spacial score (nSPS) is 10.7. The molecule has 5 nitrogen and oxygen atoms in total. The van der Waals surface area contributed by atoms with Crippen LogP contribution in [-0.4, -0.2) is 19.5 Å². The van der Waals surface area contributed by atoms with E-state index in [4.69, 9.17) is 0 Å². The van der Waals surface area contributed by atoms with Crippen LogP contribution >= 0.6 is 15.9 Å². The Kier molecular flexibility index (Phi) is 2.93. The fraction of sp³-hybridized carbons (Fsp3) is 0.0833. The molecule has 0 spiro atoms. The lowest BCUT2D eigenvalue weighted by atomic mass is 10.3. The zero-order chi connectivity index (χ0) is 12.4. The van der Waals surface area contributed by atoms with Crippen molar-refractivity contribution in [1.82, 2.24) is 19.5 Å². The van der Waals surface area contributed by atoms with E-state index in [0.717, 1.165) is 16.9 Å². The maximum atomic E-state index is 4.33. The number of anilines is 2. The van der Waals surface area contributed by atoms with Crippen LogP contribution < -0.4 is 5.32 Å². The zero-order valence-electron chi connectivity index (χ0n) is 9.42. The number of hydrogen-bond acceptors (Lipinski definition) is 4. The van der Waals surface area contributed by atoms with Gasteiger partial charge in [-0.1, -0.05) is 34.1 Å². The van der Waals surface area contributed by atoms with E-state index in [1.807, 2.05) is 34.9 Å². The average Bonchev–Trinajstić information content (AvgIpc) is 2.84. The first-order valence-corrected chi connectivity index (χ1v) is 6.54. The summed E-state index contributed by atoms with van der Waals surface area (Å²) in [5.74, 6) is 0.714. The second-order valence-electron chi connectivity index (χ2n) is 3.72. The largest absolute Gasteiger partial charge is 0.338 e. The minimum absolute atomic E-state index is 0.658. The van der Waals surface area contributed by atoms with Crippen molar-refractivity contribution in [1.29, 1.82) is 0 Å². The first-order valence-electron chi connectivity index (χ1n) is 5.42. The highest BCUT2D eigenvalue weighted by molar-refractivity contribution is 9.08. The molecule has 3 rings (SSSR count). The van der Waals surface area contributed by atoms with Gasteiger partial charge in [0.25, 0.3) is 0 Å². The molecule has 6 heteroatoms. The lowest BCUT2D eigenvalue weighted by Crippen LogP contribution is -1.97. The number of rotatable bonds is 3. The van der Waals surface area contributed by atoms with Gasteiger partial charge in [0.2, 0.25) is 0 Å². The number of hydrogen-bond donors (Lipinski definition) is 1. The Hall–Kier alpha value is -1.95. The number of nitrogens with zero attached hydrogens (tertiary/aromatic N) is 4. The Labute approximate surface area is 112 Å². The molecule has 0 amide bonds. The second-order valence-corrected chi connectivity index (χ2v) is 4.22. The maximum Gasteiger partial charge on any atom is 0.166 e. The predicted molar refractivity (Wildman–Crippen MR) is 74.0 cm³/mol. The van der Waals surface area contributed by atoms with Crippen molar-refractivity contribution >= 4 is 38.6 Å². The third kappa shape index (κ3) is 1.95. The predicted octanol–water partition coefficient (Wildman–Crippen LogP) is 2.92. The molecule has 1 aromatic carbocycles. The Morgan fingerprint density at radius 2 is 1.94 bits per heavy atom. The minimum Gasteiger partial charge on any atom is -0.338 e. The number of benzene rings is 1. The number of aromatic nitrogens is 4. The molecule has 2 aromatic heterocycles. The molecule has 0 atom stereocenters. The molecular formula is C12H10BrN5. The van der Waals surface area contributed by atoms with Gasteiger partial charge in [0.1, 0.15) is 6.33 Å². The van der Waals surface area contributed by atoms with Gasteiger partial charge < -0.3 is 9.88 Å². The molecule has 1 N–H and O–H groups in total. The van der Waals surface area contributed by atoms with Crippen molar-refractivity contribution in [3.05, 3.63) is 43.0 Å². The molecule has 18 heavy (non-hydrogen) atoms.